The predicted octanol–water partition coefficient (Wildman–Crippen LogP) is 7.68. The van der Waals surface area contributed by atoms with E-state index in [9.17, 15) is 38.0 Å². The molecule has 2 aromatic heterocycles. The fourth-order valence-electron chi connectivity index (χ4n) is 10.8. The number of likely N-dealkylation sites (tertiary alicyclic amines) is 1. The van der Waals surface area contributed by atoms with Crippen molar-refractivity contribution in [1.82, 2.24) is 50.0 Å². The highest BCUT2D eigenvalue weighted by atomic mass is 35.5. The topological polar surface area (TPSA) is 275 Å². The standard InChI is InChI=1S/C62H76ClF3N12O10/c1-37(2)54(72-51(79)16-9-8-10-26-76-52(80)23-24-53(76)81)58(83)71-48(15-12-25-68-60(67)85)57(82)69-44-20-17-39(18-21-44)36-88-61(86)77-33-41(29-45(77)31-64)34-78(59(84)50-27-38(3)73-74(50)6)55(62(4,5)87-7)56-70-49(46-30-42(63)19-22-47(46)66)35-75(56)32-40-13-11-14-43(65)28-40/h11,13-14,17-24,27-28,30,35,37,41,45,48,54-55H,8-10,12,15-16,25-26,29,31-34,36H2,1-7H3,(H,69,82)(H,71,83)(H,72,79)(H3,67,68,85)/t41-,45-,48-,54-,55-/m0/s1. The zero-order valence-corrected chi connectivity index (χ0v) is 51.1. The van der Waals surface area contributed by atoms with Crippen molar-refractivity contribution in [1.29, 1.82) is 0 Å². The summed E-state index contributed by atoms with van der Waals surface area (Å²) < 4.78 is 60.5. The number of halogens is 4. The highest BCUT2D eigenvalue weighted by molar-refractivity contribution is 6.30. The zero-order valence-electron chi connectivity index (χ0n) is 50.3. The second kappa shape index (κ2) is 30.4. The van der Waals surface area contributed by atoms with Crippen LogP contribution in [0.4, 0.5) is 28.4 Å². The smallest absolute Gasteiger partial charge is 0.410 e. The van der Waals surface area contributed by atoms with Crippen LogP contribution in [0.3, 0.4) is 0 Å². The number of nitrogens with one attached hydrogen (secondary N) is 4. The van der Waals surface area contributed by atoms with Gasteiger partial charge in [0.2, 0.25) is 17.7 Å². The van der Waals surface area contributed by atoms with Crippen LogP contribution in [0.2, 0.25) is 5.02 Å². The van der Waals surface area contributed by atoms with Crippen LogP contribution in [0.1, 0.15) is 112 Å². The van der Waals surface area contributed by atoms with E-state index in [4.69, 9.17) is 31.8 Å². The minimum absolute atomic E-state index is 0.0306. The number of carbonyl (C=O) groups is 8. The Morgan fingerprint density at radius 1 is 0.909 bits per heavy atom. The Kier molecular flexibility index (Phi) is 23.1. The van der Waals surface area contributed by atoms with Gasteiger partial charge < -0.3 is 50.8 Å². The second-order valence-corrected chi connectivity index (χ2v) is 23.3. The van der Waals surface area contributed by atoms with Crippen molar-refractivity contribution in [3.8, 4) is 11.3 Å². The summed E-state index contributed by atoms with van der Waals surface area (Å²) in [6.07, 6.45) is 5.19. The van der Waals surface area contributed by atoms with Gasteiger partial charge in [0.1, 0.15) is 54.6 Å². The van der Waals surface area contributed by atoms with Crippen LogP contribution >= 0.6 is 11.6 Å². The van der Waals surface area contributed by atoms with Crippen LogP contribution in [0.25, 0.3) is 11.3 Å². The molecule has 1 fully saturated rings. The van der Waals surface area contributed by atoms with E-state index in [0.717, 1.165) is 4.90 Å². The minimum Gasteiger partial charge on any atom is -0.445 e. The molecule has 0 radical (unpaired) electrons. The van der Waals surface area contributed by atoms with Gasteiger partial charge in [0.15, 0.2) is 0 Å². The van der Waals surface area contributed by atoms with Gasteiger partial charge in [-0.3, -0.25) is 38.3 Å². The number of methoxy groups -OCH3 is 1. The van der Waals surface area contributed by atoms with Gasteiger partial charge in [-0.1, -0.05) is 56.1 Å². The van der Waals surface area contributed by atoms with Gasteiger partial charge in [-0.05, 0) is 124 Å². The lowest BCUT2D eigenvalue weighted by Gasteiger charge is -2.42. The molecule has 2 aliphatic heterocycles. The Hall–Kier alpha value is -8.58. The third-order valence-corrected chi connectivity index (χ3v) is 15.7. The van der Waals surface area contributed by atoms with Gasteiger partial charge >= 0.3 is 12.1 Å². The molecule has 88 heavy (non-hydrogen) atoms. The van der Waals surface area contributed by atoms with Crippen molar-refractivity contribution in [2.45, 2.75) is 122 Å². The monoisotopic (exact) mass is 1240 g/mol. The number of benzene rings is 3. The largest absolute Gasteiger partial charge is 0.445 e. The molecular weight excluding hydrogens is 1170 g/mol. The summed E-state index contributed by atoms with van der Waals surface area (Å²) in [6.45, 7) is 7.82. The van der Waals surface area contributed by atoms with E-state index in [1.54, 1.807) is 99.8 Å². The predicted molar refractivity (Wildman–Crippen MR) is 321 cm³/mol. The number of amides is 9. The van der Waals surface area contributed by atoms with E-state index < -0.39 is 89.7 Å². The normalized spacial score (nSPS) is 16.0. The van der Waals surface area contributed by atoms with Crippen molar-refractivity contribution in [3.63, 3.8) is 0 Å². The molecule has 6 N–H and O–H groups in total. The molecule has 0 spiro atoms. The number of anilines is 1. The average Bonchev–Trinajstić information content (AvgIpc) is 1.97. The van der Waals surface area contributed by atoms with Crippen molar-refractivity contribution in [2.75, 3.05) is 45.3 Å². The number of aryl methyl sites for hydroxylation is 2. The molecule has 5 aromatic rings. The lowest BCUT2D eigenvalue weighted by molar-refractivity contribution is -0.137. The quantitative estimate of drug-likeness (QED) is 0.0228. The number of imide groups is 1. The lowest BCUT2D eigenvalue weighted by atomic mass is 9.93. The summed E-state index contributed by atoms with van der Waals surface area (Å²) in [4.78, 5) is 114. The summed E-state index contributed by atoms with van der Waals surface area (Å²) in [6, 6.07) is 13.0. The number of aromatic nitrogens is 4. The van der Waals surface area contributed by atoms with Gasteiger partial charge in [0.05, 0.1) is 23.0 Å². The molecule has 472 valence electrons. The van der Waals surface area contributed by atoms with E-state index >= 15 is 13.6 Å². The highest BCUT2D eigenvalue weighted by Gasteiger charge is 2.46. The molecule has 3 aromatic carbocycles. The number of carbonyl (C=O) groups excluding carboxylic acids is 8. The Balaban J connectivity index is 1.03. The molecule has 0 unspecified atom stereocenters. The SMILES string of the molecule is COC(C)(C)[C@H](c1nc(-c2cc(Cl)ccc2F)cn1Cc1cccc(F)c1)N(C[C@H]1C[C@@H](CF)N(C(=O)OCc2ccc(NC(=O)[C@H](CCCNC(N)=O)NC(=O)[C@@H](NC(=O)CCCCCN3C(=O)C=CC3=O)C(C)C)cc2)C1)C(=O)c1cc(C)nn1C. The zero-order chi connectivity index (χ0) is 64.0. The van der Waals surface area contributed by atoms with Crippen molar-refractivity contribution >= 4 is 64.9 Å². The summed E-state index contributed by atoms with van der Waals surface area (Å²) in [5.74, 6) is -4.66. The molecule has 2 aliphatic rings. The highest BCUT2D eigenvalue weighted by Crippen LogP contribution is 2.39. The summed E-state index contributed by atoms with van der Waals surface area (Å²) in [5.41, 5.74) is 6.35. The number of rotatable bonds is 29. The molecule has 7 rings (SSSR count). The molecule has 0 aliphatic carbocycles. The average molecular weight is 1240 g/mol. The molecular formula is C62H76ClF3N12O10. The van der Waals surface area contributed by atoms with Crippen LogP contribution in [0.5, 0.6) is 0 Å². The van der Waals surface area contributed by atoms with Crippen LogP contribution in [0, 0.1) is 30.4 Å². The first-order chi connectivity index (χ1) is 41.8. The van der Waals surface area contributed by atoms with Gasteiger partial charge in [-0.25, -0.2) is 27.7 Å². The van der Waals surface area contributed by atoms with E-state index in [0.29, 0.717) is 41.8 Å². The van der Waals surface area contributed by atoms with Gasteiger partial charge in [0, 0.05) is 87.9 Å². The van der Waals surface area contributed by atoms with Crippen molar-refractivity contribution in [2.24, 2.45) is 24.6 Å². The number of unbranched alkanes of at least 4 members (excludes halogenated alkanes) is 2. The lowest BCUT2D eigenvalue weighted by Crippen LogP contribution is -2.54. The molecule has 22 nitrogen and oxygen atoms in total. The minimum atomic E-state index is -1.25. The Morgan fingerprint density at radius 3 is 2.28 bits per heavy atom. The maximum Gasteiger partial charge on any atom is 0.410 e. The van der Waals surface area contributed by atoms with Crippen LogP contribution in [-0.2, 0) is 53.6 Å². The molecule has 0 saturated carbocycles. The molecule has 1 saturated heterocycles. The number of imidazole rings is 1. The first-order valence-corrected chi connectivity index (χ1v) is 29.4. The summed E-state index contributed by atoms with van der Waals surface area (Å²) >= 11 is 6.37. The van der Waals surface area contributed by atoms with Crippen LogP contribution in [-0.4, -0.2) is 145 Å². The van der Waals surface area contributed by atoms with E-state index in [1.165, 1.54) is 59.2 Å². The van der Waals surface area contributed by atoms with E-state index in [2.05, 4.69) is 26.4 Å². The Bertz CT molecular complexity index is 3360. The third-order valence-electron chi connectivity index (χ3n) is 15.5. The van der Waals surface area contributed by atoms with Gasteiger partial charge in [0.25, 0.3) is 17.7 Å². The van der Waals surface area contributed by atoms with Crippen molar-refractivity contribution < 1.29 is 61.0 Å². The first kappa shape index (κ1) is 66.9. The summed E-state index contributed by atoms with van der Waals surface area (Å²) in [5, 5.41) is 15.4. The number of primary amides is 1. The molecule has 0 bridgehead atoms. The number of hydrogen-bond acceptors (Lipinski definition) is 12. The Morgan fingerprint density at radius 2 is 1.64 bits per heavy atom. The Labute approximate surface area is 513 Å². The number of alkyl halides is 1. The second-order valence-electron chi connectivity index (χ2n) is 22.9. The summed E-state index contributed by atoms with van der Waals surface area (Å²) in [7, 11) is 3.10. The fourth-order valence-corrected chi connectivity index (χ4v) is 11.0. The molecule has 5 atom stereocenters. The third kappa shape index (κ3) is 17.6. The number of nitrogens with two attached hydrogens (primary N) is 1. The molecule has 4 heterocycles. The van der Waals surface area contributed by atoms with Crippen molar-refractivity contribution in [3.05, 3.63) is 136 Å². The number of ether oxygens (including phenoxy) is 2. The maximum absolute atomic E-state index is 15.6. The van der Waals surface area contributed by atoms with Crippen LogP contribution in [0.15, 0.2) is 91.1 Å². The molecule has 26 heteroatoms. The van der Waals surface area contributed by atoms with E-state index in [1.807, 2.05) is 0 Å². The first-order valence-electron chi connectivity index (χ1n) is 29.1. The molecule has 9 amide bonds. The maximum atomic E-state index is 15.6. The van der Waals surface area contributed by atoms with Gasteiger partial charge in [-0.2, -0.15) is 5.10 Å². The number of hydrogen-bond donors (Lipinski definition) is 5. The van der Waals surface area contributed by atoms with Gasteiger partial charge in [-0.15, -0.1) is 0 Å². The number of urea groups is 1. The van der Waals surface area contributed by atoms with E-state index in [-0.39, 0.29) is 111 Å². The van der Waals surface area contributed by atoms with Crippen LogP contribution < -0.4 is 27.0 Å². The number of nitrogens with zero attached hydrogens (tertiary/aromatic N) is 7. The fraction of sp³-hybridized carbons (Fsp3) is 0.452.